The number of benzene rings is 1. The van der Waals surface area contributed by atoms with Gasteiger partial charge < -0.3 is 4.74 Å². The molecule has 1 aromatic carbocycles. The van der Waals surface area contributed by atoms with Gasteiger partial charge in [-0.05, 0) is 77.8 Å². The second-order valence-corrected chi connectivity index (χ2v) is 11.8. The van der Waals surface area contributed by atoms with E-state index in [-0.39, 0.29) is 11.8 Å². The summed E-state index contributed by atoms with van der Waals surface area (Å²) in [6.07, 6.45) is 19.8. The monoisotopic (exact) mass is 534 g/mol. The SMILES string of the molecule is CCCCCCCC/C=C\CCCCC(Br)CCC(=O)c1c(C)cccc1OC(=O)C(C)(C)C. The van der Waals surface area contributed by atoms with Gasteiger partial charge in [-0.1, -0.05) is 85.7 Å². The molecule has 0 radical (unpaired) electrons. The lowest BCUT2D eigenvalue weighted by molar-refractivity contribution is -0.143. The predicted molar refractivity (Wildman–Crippen MR) is 148 cm³/mol. The summed E-state index contributed by atoms with van der Waals surface area (Å²) >= 11 is 3.76. The van der Waals surface area contributed by atoms with Crippen LogP contribution in [-0.2, 0) is 4.79 Å². The van der Waals surface area contributed by atoms with Crippen LogP contribution in [0.4, 0.5) is 0 Å². The van der Waals surface area contributed by atoms with Crippen molar-refractivity contribution in [1.82, 2.24) is 0 Å². The van der Waals surface area contributed by atoms with E-state index in [1.165, 1.54) is 51.4 Å². The molecular formula is C30H47BrO3. The zero-order valence-corrected chi connectivity index (χ0v) is 23.8. The van der Waals surface area contributed by atoms with Gasteiger partial charge in [0.05, 0.1) is 11.0 Å². The number of ether oxygens (including phenoxy) is 1. The highest BCUT2D eigenvalue weighted by Crippen LogP contribution is 2.28. The number of hydrogen-bond acceptors (Lipinski definition) is 3. The van der Waals surface area contributed by atoms with Gasteiger partial charge in [-0.2, -0.15) is 0 Å². The molecule has 3 nitrogen and oxygen atoms in total. The maximum atomic E-state index is 13.0. The van der Waals surface area contributed by atoms with Crippen LogP contribution in [0, 0.1) is 12.3 Å². The van der Waals surface area contributed by atoms with E-state index in [2.05, 4.69) is 35.0 Å². The number of alkyl halides is 1. The van der Waals surface area contributed by atoms with Crippen LogP contribution in [-0.4, -0.2) is 16.6 Å². The molecule has 1 aromatic rings. The third-order valence-electron chi connectivity index (χ3n) is 6.04. The fourth-order valence-electron chi connectivity index (χ4n) is 3.80. The van der Waals surface area contributed by atoms with Crippen LogP contribution >= 0.6 is 15.9 Å². The molecule has 0 saturated carbocycles. The number of rotatable bonds is 17. The van der Waals surface area contributed by atoms with Crippen molar-refractivity contribution in [3.05, 3.63) is 41.5 Å². The minimum absolute atomic E-state index is 0.0388. The van der Waals surface area contributed by atoms with E-state index in [4.69, 9.17) is 4.74 Å². The molecule has 0 N–H and O–H groups in total. The molecule has 192 valence electrons. The molecule has 34 heavy (non-hydrogen) atoms. The Labute approximate surface area is 217 Å². The topological polar surface area (TPSA) is 43.4 Å². The zero-order valence-electron chi connectivity index (χ0n) is 22.3. The summed E-state index contributed by atoms with van der Waals surface area (Å²) in [5.41, 5.74) is 0.771. The second kappa shape index (κ2) is 17.1. The Bertz CT molecular complexity index is 761. The maximum absolute atomic E-state index is 13.0. The summed E-state index contributed by atoms with van der Waals surface area (Å²) in [6.45, 7) is 9.59. The lowest BCUT2D eigenvalue weighted by atomic mass is 9.96. The summed E-state index contributed by atoms with van der Waals surface area (Å²) in [6, 6.07) is 5.44. The predicted octanol–water partition coefficient (Wildman–Crippen LogP) is 9.54. The zero-order chi connectivity index (χ0) is 25.4. The Balaban J connectivity index is 2.32. The summed E-state index contributed by atoms with van der Waals surface area (Å²) in [7, 11) is 0. The number of esters is 1. The first-order valence-corrected chi connectivity index (χ1v) is 14.2. The largest absolute Gasteiger partial charge is 0.425 e. The second-order valence-electron chi connectivity index (χ2n) is 10.5. The number of halogens is 1. The van der Waals surface area contributed by atoms with Crippen LogP contribution in [0.5, 0.6) is 5.75 Å². The van der Waals surface area contributed by atoms with Crippen molar-refractivity contribution in [1.29, 1.82) is 0 Å². The molecule has 0 amide bonds. The lowest BCUT2D eigenvalue weighted by Gasteiger charge is -2.19. The van der Waals surface area contributed by atoms with Gasteiger partial charge in [0.15, 0.2) is 5.78 Å². The molecular weight excluding hydrogens is 488 g/mol. The van der Waals surface area contributed by atoms with Gasteiger partial charge in [-0.3, -0.25) is 9.59 Å². The standard InChI is InChI=1S/C30H47BrO3/c1-6-7-8-9-10-11-12-13-14-15-16-17-20-25(31)22-23-26(32)28-24(2)19-18-21-27(28)34-29(33)30(3,4)5/h13-14,18-19,21,25H,6-12,15-17,20,22-23H2,1-5H3/b14-13-. The summed E-state index contributed by atoms with van der Waals surface area (Å²) in [4.78, 5) is 25.6. The summed E-state index contributed by atoms with van der Waals surface area (Å²) in [5, 5.41) is 0. The average Bonchev–Trinajstić information content (AvgIpc) is 2.77. The molecule has 0 aromatic heterocycles. The van der Waals surface area contributed by atoms with Crippen molar-refractivity contribution >= 4 is 27.7 Å². The smallest absolute Gasteiger partial charge is 0.316 e. The van der Waals surface area contributed by atoms with Crippen molar-refractivity contribution < 1.29 is 14.3 Å². The van der Waals surface area contributed by atoms with E-state index in [9.17, 15) is 9.59 Å². The van der Waals surface area contributed by atoms with Crippen molar-refractivity contribution in [3.8, 4) is 5.75 Å². The first-order valence-electron chi connectivity index (χ1n) is 13.3. The van der Waals surface area contributed by atoms with Gasteiger partial charge in [-0.25, -0.2) is 0 Å². The van der Waals surface area contributed by atoms with Crippen molar-refractivity contribution in [2.75, 3.05) is 0 Å². The van der Waals surface area contributed by atoms with E-state index >= 15 is 0 Å². The number of unbranched alkanes of at least 4 members (excludes halogenated alkanes) is 8. The van der Waals surface area contributed by atoms with Crippen LogP contribution in [0.2, 0.25) is 0 Å². The Morgan fingerprint density at radius 3 is 2.21 bits per heavy atom. The molecule has 0 spiro atoms. The van der Waals surface area contributed by atoms with Gasteiger partial charge >= 0.3 is 5.97 Å². The molecule has 0 aliphatic carbocycles. The van der Waals surface area contributed by atoms with Crippen LogP contribution in [0.3, 0.4) is 0 Å². The maximum Gasteiger partial charge on any atom is 0.316 e. The van der Waals surface area contributed by atoms with Crippen LogP contribution in [0.25, 0.3) is 0 Å². The molecule has 0 heterocycles. The normalized spacial score (nSPS) is 12.8. The fourth-order valence-corrected chi connectivity index (χ4v) is 4.35. The molecule has 0 aliphatic rings. The highest BCUT2D eigenvalue weighted by Gasteiger charge is 2.26. The van der Waals surface area contributed by atoms with Gasteiger partial charge in [-0.15, -0.1) is 0 Å². The highest BCUT2D eigenvalue weighted by atomic mass is 79.9. The molecule has 1 rings (SSSR count). The van der Waals surface area contributed by atoms with Gasteiger partial charge in [0.2, 0.25) is 0 Å². The molecule has 1 atom stereocenters. The molecule has 0 fully saturated rings. The van der Waals surface area contributed by atoms with Crippen molar-refractivity contribution in [2.45, 2.75) is 123 Å². The minimum Gasteiger partial charge on any atom is -0.425 e. The Kier molecular flexibility index (Phi) is 15.4. The Morgan fingerprint density at radius 2 is 1.56 bits per heavy atom. The number of Topliss-reactive ketones (excluding diaryl/α,β-unsaturated/α-hetero) is 1. The van der Waals surface area contributed by atoms with Gasteiger partial charge in [0, 0.05) is 11.2 Å². The minimum atomic E-state index is -0.617. The van der Waals surface area contributed by atoms with Crippen molar-refractivity contribution in [3.63, 3.8) is 0 Å². The number of carbonyl (C=O) groups excluding carboxylic acids is 2. The number of carbonyl (C=O) groups is 2. The summed E-state index contributed by atoms with van der Waals surface area (Å²) in [5.74, 6) is 0.0900. The van der Waals surface area contributed by atoms with E-state index < -0.39 is 5.41 Å². The number of allylic oxidation sites excluding steroid dienone is 2. The first kappa shape index (κ1) is 30.6. The van der Waals surface area contributed by atoms with Gasteiger partial charge in [0.25, 0.3) is 0 Å². The number of ketones is 1. The molecule has 1 unspecified atom stereocenters. The molecule has 0 bridgehead atoms. The third kappa shape index (κ3) is 12.9. The molecule has 0 aliphatic heterocycles. The average molecular weight is 536 g/mol. The first-order chi connectivity index (χ1) is 16.2. The van der Waals surface area contributed by atoms with E-state index in [0.29, 0.717) is 22.6 Å². The molecule has 0 saturated heterocycles. The van der Waals surface area contributed by atoms with Crippen molar-refractivity contribution in [2.24, 2.45) is 5.41 Å². The van der Waals surface area contributed by atoms with E-state index in [0.717, 1.165) is 31.2 Å². The molecule has 4 heteroatoms. The quantitative estimate of drug-likeness (QED) is 0.0498. The highest BCUT2D eigenvalue weighted by molar-refractivity contribution is 9.09. The van der Waals surface area contributed by atoms with Crippen LogP contribution in [0.15, 0.2) is 30.4 Å². The Hall–Kier alpha value is -1.42. The fraction of sp³-hybridized carbons (Fsp3) is 0.667. The summed E-state index contributed by atoms with van der Waals surface area (Å²) < 4.78 is 5.59. The Morgan fingerprint density at radius 1 is 0.941 bits per heavy atom. The number of hydrogen-bond donors (Lipinski definition) is 0. The van der Waals surface area contributed by atoms with E-state index in [1.54, 1.807) is 6.07 Å². The van der Waals surface area contributed by atoms with Crippen LogP contribution in [0.1, 0.15) is 127 Å². The van der Waals surface area contributed by atoms with Gasteiger partial charge in [0.1, 0.15) is 5.75 Å². The third-order valence-corrected chi connectivity index (χ3v) is 6.96. The van der Waals surface area contributed by atoms with E-state index in [1.807, 2.05) is 39.8 Å². The number of aryl methyl sites for hydroxylation is 1. The van der Waals surface area contributed by atoms with Crippen LogP contribution < -0.4 is 4.74 Å². The lowest BCUT2D eigenvalue weighted by Crippen LogP contribution is -2.26.